The first kappa shape index (κ1) is 30.2. The highest BCUT2D eigenvalue weighted by Gasteiger charge is 2.10. The van der Waals surface area contributed by atoms with E-state index in [0.29, 0.717) is 12.2 Å². The fourth-order valence-corrected chi connectivity index (χ4v) is 0.854. The van der Waals surface area contributed by atoms with Crippen molar-refractivity contribution in [2.75, 3.05) is 13.7 Å². The van der Waals surface area contributed by atoms with Crippen LogP contribution in [0, 0.1) is 0 Å². The second-order valence-electron chi connectivity index (χ2n) is 5.16. The molecule has 0 aromatic rings. The average molecular weight is 412 g/mol. The molecule has 9 heteroatoms. The minimum atomic E-state index is -0.935. The van der Waals surface area contributed by atoms with Crippen LogP contribution in [-0.4, -0.2) is 48.7 Å². The number of methoxy groups -OCH3 is 1. The van der Waals surface area contributed by atoms with Crippen molar-refractivity contribution in [3.63, 3.8) is 0 Å². The molecule has 0 unspecified atom stereocenters. The van der Waals surface area contributed by atoms with Gasteiger partial charge in [-0.15, -0.1) is 0 Å². The van der Waals surface area contributed by atoms with Gasteiger partial charge < -0.3 is 19.3 Å². The minimum Gasteiger partial charge on any atom is -0.478 e. The fourth-order valence-electron chi connectivity index (χ4n) is 0.854. The minimum absolute atomic E-state index is 0.176. The van der Waals surface area contributed by atoms with Gasteiger partial charge >= 0.3 is 29.8 Å². The van der Waals surface area contributed by atoms with E-state index in [4.69, 9.17) is 5.11 Å². The first-order valence-corrected chi connectivity index (χ1v) is 8.28. The Morgan fingerprint density at radius 2 is 1.55 bits per heavy atom. The smallest absolute Gasteiger partial charge is 0.338 e. The maximum atomic E-state index is 10.3. The van der Waals surface area contributed by atoms with Crippen molar-refractivity contribution >= 4 is 29.8 Å². The first-order valence-electron chi connectivity index (χ1n) is 8.28. The highest BCUT2D eigenvalue weighted by molar-refractivity contribution is 6.04. The molecule has 0 aromatic carbocycles. The van der Waals surface area contributed by atoms with E-state index >= 15 is 0 Å². The molecule has 0 radical (unpaired) electrons. The highest BCUT2D eigenvalue weighted by Crippen LogP contribution is 1.92. The van der Waals surface area contributed by atoms with Crippen molar-refractivity contribution in [3.8, 4) is 0 Å². The average Bonchev–Trinajstić information content (AvgIpc) is 3.05. The van der Waals surface area contributed by atoms with Gasteiger partial charge in [-0.2, -0.15) is 0 Å². The van der Waals surface area contributed by atoms with Crippen LogP contribution in [-0.2, 0) is 38.2 Å². The number of esters is 4. The number of hydrogen-bond donors (Lipinski definition) is 1. The summed E-state index contributed by atoms with van der Waals surface area (Å²) in [6.45, 7) is 15.4. The van der Waals surface area contributed by atoms with Gasteiger partial charge in [-0.25, -0.2) is 24.0 Å². The summed E-state index contributed by atoms with van der Waals surface area (Å²) in [5.74, 6) is -2.77. The second-order valence-corrected chi connectivity index (χ2v) is 5.16. The van der Waals surface area contributed by atoms with E-state index in [-0.39, 0.29) is 17.5 Å². The summed E-state index contributed by atoms with van der Waals surface area (Å²) in [6.07, 6.45) is 5.32. The summed E-state index contributed by atoms with van der Waals surface area (Å²) in [4.78, 5) is 50.0. The molecule has 0 aromatic heterocycles. The third-order valence-electron chi connectivity index (χ3n) is 2.36. The van der Waals surface area contributed by atoms with Gasteiger partial charge in [0.25, 0.3) is 0 Å². The summed E-state index contributed by atoms with van der Waals surface area (Å²) >= 11 is 0. The van der Waals surface area contributed by atoms with E-state index in [9.17, 15) is 24.0 Å². The van der Waals surface area contributed by atoms with Gasteiger partial charge in [-0.1, -0.05) is 33.1 Å². The maximum absolute atomic E-state index is 10.3. The van der Waals surface area contributed by atoms with Crippen molar-refractivity contribution in [3.05, 3.63) is 49.1 Å². The Labute approximate surface area is 170 Å². The van der Waals surface area contributed by atoms with E-state index < -0.39 is 17.9 Å². The van der Waals surface area contributed by atoms with Gasteiger partial charge in [0.05, 0.1) is 13.7 Å². The lowest BCUT2D eigenvalue weighted by Gasteiger charge is -1.97. The molecule has 1 rings (SSSR count). The Hall–Kier alpha value is -3.49. The van der Waals surface area contributed by atoms with Crippen LogP contribution in [0.25, 0.3) is 0 Å². The Morgan fingerprint density at radius 1 is 1.10 bits per heavy atom. The van der Waals surface area contributed by atoms with Crippen molar-refractivity contribution in [2.24, 2.45) is 0 Å². The third-order valence-corrected chi connectivity index (χ3v) is 2.36. The van der Waals surface area contributed by atoms with Crippen LogP contribution in [0.3, 0.4) is 0 Å². The lowest BCUT2D eigenvalue weighted by atomic mass is 10.4. The number of carboxylic acids is 1. The van der Waals surface area contributed by atoms with Crippen LogP contribution in [0.1, 0.15) is 33.6 Å². The Balaban J connectivity index is -0.000000314. The van der Waals surface area contributed by atoms with E-state index in [1.54, 1.807) is 6.92 Å². The largest absolute Gasteiger partial charge is 0.478 e. The van der Waals surface area contributed by atoms with Crippen LogP contribution >= 0.6 is 0 Å². The molecule has 1 N–H and O–H groups in total. The Morgan fingerprint density at radius 3 is 1.72 bits per heavy atom. The van der Waals surface area contributed by atoms with E-state index in [1.807, 2.05) is 6.92 Å². The lowest BCUT2D eigenvalue weighted by molar-refractivity contribution is -0.150. The summed E-state index contributed by atoms with van der Waals surface area (Å²) in [5, 5.41) is 7.89. The van der Waals surface area contributed by atoms with Gasteiger partial charge in [0, 0.05) is 29.4 Å². The van der Waals surface area contributed by atoms with Crippen molar-refractivity contribution in [1.82, 2.24) is 0 Å². The zero-order valence-electron chi connectivity index (χ0n) is 17.2. The molecule has 9 nitrogen and oxygen atoms in total. The zero-order valence-corrected chi connectivity index (χ0v) is 17.2. The number of ether oxygens (including phenoxy) is 3. The molecular weight excluding hydrogens is 384 g/mol. The lowest BCUT2D eigenvalue weighted by Crippen LogP contribution is -2.00. The molecule has 0 atom stereocenters. The molecule has 0 bridgehead atoms. The molecule has 0 spiro atoms. The molecule has 29 heavy (non-hydrogen) atoms. The predicted molar refractivity (Wildman–Crippen MR) is 106 cm³/mol. The van der Waals surface area contributed by atoms with Gasteiger partial charge in [0.1, 0.15) is 0 Å². The number of unbranched alkanes of at least 4 members (excludes halogenated alkanes) is 1. The molecule has 0 aliphatic carbocycles. The molecule has 0 amide bonds. The number of carbonyl (C=O) groups is 5. The van der Waals surface area contributed by atoms with Crippen LogP contribution in [0.15, 0.2) is 49.1 Å². The molecule has 1 aliphatic rings. The predicted octanol–water partition coefficient (Wildman–Crippen LogP) is 2.52. The zero-order chi connectivity index (χ0) is 23.4. The van der Waals surface area contributed by atoms with E-state index in [0.717, 1.165) is 25.0 Å². The van der Waals surface area contributed by atoms with Crippen molar-refractivity contribution < 1.29 is 43.3 Å². The number of cyclic esters (lactones) is 2. The number of carboxylic acid groups (broad SMARTS) is 1. The molecule has 1 heterocycles. The Kier molecular flexibility index (Phi) is 20.1. The third kappa shape index (κ3) is 24.5. The topological polar surface area (TPSA) is 133 Å². The quantitative estimate of drug-likeness (QED) is 0.230. The molecule has 0 fully saturated rings. The molecule has 0 saturated heterocycles. The molecular formula is C20H28O9. The normalized spacial score (nSPS) is 10.3. The Bertz CT molecular complexity index is 614. The summed E-state index contributed by atoms with van der Waals surface area (Å²) in [6, 6.07) is 0. The van der Waals surface area contributed by atoms with Gasteiger partial charge in [0.15, 0.2) is 0 Å². The summed E-state index contributed by atoms with van der Waals surface area (Å²) in [7, 11) is 1.33. The van der Waals surface area contributed by atoms with Crippen LogP contribution in [0.4, 0.5) is 0 Å². The first-order chi connectivity index (χ1) is 13.4. The number of carbonyl (C=O) groups excluding carboxylic acids is 4. The second kappa shape index (κ2) is 19.3. The van der Waals surface area contributed by atoms with Gasteiger partial charge in [0.2, 0.25) is 0 Å². The van der Waals surface area contributed by atoms with E-state index in [2.05, 4.69) is 33.9 Å². The fraction of sp³-hybridized carbons (Fsp3) is 0.350. The molecule has 0 saturated carbocycles. The number of rotatable bonds is 6. The molecule has 1 aliphatic heterocycles. The highest BCUT2D eigenvalue weighted by atomic mass is 16.6. The summed E-state index contributed by atoms with van der Waals surface area (Å²) < 4.78 is 12.9. The SMILES string of the molecule is C=C(C)C(=O)O.C=C(C)C(=O)OC.C=CC(=O)OCCCC.O=C1C=CC(=O)O1. The van der Waals surface area contributed by atoms with Crippen LogP contribution < -0.4 is 0 Å². The van der Waals surface area contributed by atoms with Crippen molar-refractivity contribution in [2.45, 2.75) is 33.6 Å². The van der Waals surface area contributed by atoms with Crippen LogP contribution in [0.5, 0.6) is 0 Å². The number of aliphatic carboxylic acids is 1. The van der Waals surface area contributed by atoms with E-state index in [1.165, 1.54) is 20.1 Å². The maximum Gasteiger partial charge on any atom is 0.338 e. The molecule has 162 valence electrons. The van der Waals surface area contributed by atoms with Crippen LogP contribution in [0.2, 0.25) is 0 Å². The van der Waals surface area contributed by atoms with Crippen molar-refractivity contribution in [1.29, 1.82) is 0 Å². The van der Waals surface area contributed by atoms with Gasteiger partial charge in [-0.3, -0.25) is 0 Å². The summed E-state index contributed by atoms with van der Waals surface area (Å²) in [5.41, 5.74) is 0.609. The standard InChI is InChI=1S/C7H12O2.C5H8O2.C4H2O3.C4H6O2/c1-3-5-6-9-7(8)4-2;1-4(2)5(6)7-3;5-3-1-2-4(6)7-3;1-3(2)4(5)6/h4H,2-3,5-6H2,1H3;1H2,2-3H3;1-2H;1H2,2H3,(H,5,6). The monoisotopic (exact) mass is 412 g/mol. The number of hydrogen-bond acceptors (Lipinski definition) is 8. The van der Waals surface area contributed by atoms with Gasteiger partial charge in [-0.05, 0) is 20.3 Å².